The normalized spacial score (nSPS) is 13.8. The summed E-state index contributed by atoms with van der Waals surface area (Å²) in [6.07, 6.45) is 2.89. The van der Waals surface area contributed by atoms with E-state index >= 15 is 0 Å². The SMILES string of the molecule is CNC(=O)Nc1ccc(Oc2ccnc3cc(OCC4CCN(C(=O)OC(C)(C)C)CC4)c(C(=O)NC)cc23)cc1C. The summed E-state index contributed by atoms with van der Waals surface area (Å²) in [6, 6.07) is 10.3. The maximum atomic E-state index is 12.9. The fourth-order valence-electron chi connectivity index (χ4n) is 4.64. The molecule has 224 valence electrons. The molecule has 2 aromatic carbocycles. The molecule has 1 aliphatic heterocycles. The minimum Gasteiger partial charge on any atom is -0.492 e. The number of nitrogens with one attached hydrogen (secondary N) is 3. The minimum absolute atomic E-state index is 0.226. The van der Waals surface area contributed by atoms with E-state index in [1.54, 1.807) is 55.5 Å². The van der Waals surface area contributed by atoms with Crippen LogP contribution in [0.1, 0.15) is 49.5 Å². The number of likely N-dealkylation sites (tertiary alicyclic amines) is 1. The van der Waals surface area contributed by atoms with Gasteiger partial charge in [0.2, 0.25) is 0 Å². The first-order valence-electron chi connectivity index (χ1n) is 14.0. The van der Waals surface area contributed by atoms with Crippen LogP contribution in [-0.2, 0) is 4.74 Å². The van der Waals surface area contributed by atoms with E-state index in [1.807, 2.05) is 33.8 Å². The molecule has 0 spiro atoms. The summed E-state index contributed by atoms with van der Waals surface area (Å²) in [4.78, 5) is 43.2. The number of piperidine rings is 1. The van der Waals surface area contributed by atoms with E-state index in [0.29, 0.717) is 59.1 Å². The Kier molecular flexibility index (Phi) is 9.39. The molecule has 2 heterocycles. The van der Waals surface area contributed by atoms with Gasteiger partial charge in [0.1, 0.15) is 22.8 Å². The summed E-state index contributed by atoms with van der Waals surface area (Å²) < 4.78 is 17.9. The Balaban J connectivity index is 1.49. The summed E-state index contributed by atoms with van der Waals surface area (Å²) in [5.74, 6) is 1.46. The smallest absolute Gasteiger partial charge is 0.410 e. The highest BCUT2D eigenvalue weighted by molar-refractivity contribution is 6.02. The Morgan fingerprint density at radius 1 is 1.00 bits per heavy atom. The van der Waals surface area contributed by atoms with Gasteiger partial charge < -0.3 is 35.1 Å². The van der Waals surface area contributed by atoms with Gasteiger partial charge in [-0.15, -0.1) is 0 Å². The second-order valence-electron chi connectivity index (χ2n) is 11.3. The number of aromatic nitrogens is 1. The Morgan fingerprint density at radius 3 is 2.38 bits per heavy atom. The number of carbonyl (C=O) groups excluding carboxylic acids is 3. The molecule has 3 N–H and O–H groups in total. The largest absolute Gasteiger partial charge is 0.492 e. The van der Waals surface area contributed by atoms with Crippen molar-refractivity contribution < 1.29 is 28.6 Å². The number of hydrogen-bond donors (Lipinski definition) is 3. The van der Waals surface area contributed by atoms with Crippen molar-refractivity contribution in [2.24, 2.45) is 5.92 Å². The summed E-state index contributed by atoms with van der Waals surface area (Å²) in [5.41, 5.74) is 1.95. The Morgan fingerprint density at radius 2 is 1.74 bits per heavy atom. The van der Waals surface area contributed by atoms with Crippen molar-refractivity contribution in [3.8, 4) is 17.2 Å². The van der Waals surface area contributed by atoms with Crippen molar-refractivity contribution in [2.75, 3.05) is 39.1 Å². The molecule has 0 bridgehead atoms. The molecule has 0 atom stereocenters. The van der Waals surface area contributed by atoms with Gasteiger partial charge in [-0.2, -0.15) is 0 Å². The van der Waals surface area contributed by atoms with Crippen LogP contribution in [0.15, 0.2) is 42.6 Å². The van der Waals surface area contributed by atoms with Gasteiger partial charge in [0.05, 0.1) is 17.7 Å². The molecule has 11 nitrogen and oxygen atoms in total. The number of nitrogens with zero attached hydrogens (tertiary/aromatic N) is 2. The number of rotatable bonds is 7. The minimum atomic E-state index is -0.531. The van der Waals surface area contributed by atoms with Crippen LogP contribution in [0.4, 0.5) is 15.3 Å². The van der Waals surface area contributed by atoms with Gasteiger partial charge in [0, 0.05) is 50.5 Å². The fourth-order valence-corrected chi connectivity index (χ4v) is 4.64. The third-order valence-corrected chi connectivity index (χ3v) is 6.92. The first kappa shape index (κ1) is 30.4. The molecule has 0 unspecified atom stereocenters. The Hall–Kier alpha value is -4.54. The lowest BCUT2D eigenvalue weighted by Gasteiger charge is -2.33. The monoisotopic (exact) mass is 577 g/mol. The molecule has 1 aliphatic rings. The lowest BCUT2D eigenvalue weighted by atomic mass is 9.98. The van der Waals surface area contributed by atoms with Crippen LogP contribution in [-0.4, -0.2) is 67.3 Å². The third kappa shape index (κ3) is 7.59. The molecule has 1 saturated heterocycles. The molecule has 4 amide bonds. The average Bonchev–Trinajstić information content (AvgIpc) is 2.96. The van der Waals surface area contributed by atoms with E-state index in [2.05, 4.69) is 20.9 Å². The molecule has 42 heavy (non-hydrogen) atoms. The number of anilines is 1. The van der Waals surface area contributed by atoms with Crippen molar-refractivity contribution in [2.45, 2.75) is 46.1 Å². The summed E-state index contributed by atoms with van der Waals surface area (Å²) in [5, 5.41) is 8.63. The average molecular weight is 578 g/mol. The van der Waals surface area contributed by atoms with Crippen LogP contribution in [0, 0.1) is 12.8 Å². The highest BCUT2D eigenvalue weighted by Crippen LogP contribution is 2.35. The van der Waals surface area contributed by atoms with Crippen LogP contribution < -0.4 is 25.4 Å². The van der Waals surface area contributed by atoms with Crippen LogP contribution >= 0.6 is 0 Å². The Bertz CT molecular complexity index is 1460. The van der Waals surface area contributed by atoms with Gasteiger partial charge in [-0.05, 0) is 82.3 Å². The number of benzene rings is 2. The van der Waals surface area contributed by atoms with Crippen molar-refractivity contribution in [1.29, 1.82) is 0 Å². The number of aryl methyl sites for hydroxylation is 1. The Labute approximate surface area is 245 Å². The van der Waals surface area contributed by atoms with Crippen LogP contribution in [0.5, 0.6) is 17.2 Å². The zero-order valence-electron chi connectivity index (χ0n) is 25.0. The number of amides is 4. The summed E-state index contributed by atoms with van der Waals surface area (Å²) in [6.45, 7) is 9.03. The zero-order chi connectivity index (χ0) is 30.4. The zero-order valence-corrected chi connectivity index (χ0v) is 25.0. The molecule has 0 saturated carbocycles. The highest BCUT2D eigenvalue weighted by atomic mass is 16.6. The van der Waals surface area contributed by atoms with E-state index in [-0.39, 0.29) is 23.9 Å². The van der Waals surface area contributed by atoms with Crippen LogP contribution in [0.25, 0.3) is 10.9 Å². The van der Waals surface area contributed by atoms with Gasteiger partial charge in [-0.3, -0.25) is 9.78 Å². The third-order valence-electron chi connectivity index (χ3n) is 6.92. The standard InChI is InChI=1S/C31H39N5O6/c1-19-15-21(7-8-24(19)35-29(38)33-6)41-26-9-12-34-25-17-27(23(16-22(25)26)28(37)32-5)40-18-20-10-13-36(14-11-20)30(39)42-31(2,3)4/h7-9,12,15-17,20H,10-11,13-14,18H2,1-6H3,(H,32,37)(H2,33,35,38). The number of ether oxygens (including phenoxy) is 3. The second-order valence-corrected chi connectivity index (χ2v) is 11.3. The van der Waals surface area contributed by atoms with Crippen LogP contribution in [0.3, 0.4) is 0 Å². The van der Waals surface area contributed by atoms with E-state index in [9.17, 15) is 14.4 Å². The molecule has 11 heteroatoms. The van der Waals surface area contributed by atoms with E-state index in [4.69, 9.17) is 14.2 Å². The highest BCUT2D eigenvalue weighted by Gasteiger charge is 2.27. The molecule has 0 radical (unpaired) electrons. The molecule has 3 aromatic rings. The maximum absolute atomic E-state index is 12.9. The summed E-state index contributed by atoms with van der Waals surface area (Å²) in [7, 11) is 3.12. The van der Waals surface area contributed by atoms with Crippen LogP contribution in [0.2, 0.25) is 0 Å². The van der Waals surface area contributed by atoms with Gasteiger partial charge >= 0.3 is 12.1 Å². The maximum Gasteiger partial charge on any atom is 0.410 e. The van der Waals surface area contributed by atoms with Gasteiger partial charge in [-0.1, -0.05) is 0 Å². The van der Waals surface area contributed by atoms with Crippen molar-refractivity contribution >= 4 is 34.6 Å². The molecule has 4 rings (SSSR count). The summed E-state index contributed by atoms with van der Waals surface area (Å²) >= 11 is 0. The van der Waals surface area contributed by atoms with Crippen molar-refractivity contribution in [3.05, 3.63) is 53.7 Å². The predicted molar refractivity (Wildman–Crippen MR) is 160 cm³/mol. The number of fused-ring (bicyclic) bond motifs is 1. The first-order chi connectivity index (χ1) is 20.0. The van der Waals surface area contributed by atoms with E-state index in [1.165, 1.54) is 0 Å². The van der Waals surface area contributed by atoms with Crippen molar-refractivity contribution in [3.63, 3.8) is 0 Å². The van der Waals surface area contributed by atoms with Gasteiger partial charge in [-0.25, -0.2) is 9.59 Å². The number of urea groups is 1. The number of hydrogen-bond acceptors (Lipinski definition) is 7. The molecule has 0 aliphatic carbocycles. The molecule has 1 fully saturated rings. The molecular weight excluding hydrogens is 538 g/mol. The topological polar surface area (TPSA) is 131 Å². The quantitative estimate of drug-likeness (QED) is 0.339. The molecular formula is C31H39N5O6. The van der Waals surface area contributed by atoms with Gasteiger partial charge in [0.15, 0.2) is 0 Å². The lowest BCUT2D eigenvalue weighted by Crippen LogP contribution is -2.42. The van der Waals surface area contributed by atoms with Gasteiger partial charge in [0.25, 0.3) is 5.91 Å². The first-order valence-corrected chi connectivity index (χ1v) is 14.0. The number of carbonyl (C=O) groups is 3. The number of pyridine rings is 1. The van der Waals surface area contributed by atoms with E-state index in [0.717, 1.165) is 18.4 Å². The van der Waals surface area contributed by atoms with Crippen molar-refractivity contribution in [1.82, 2.24) is 20.5 Å². The fraction of sp³-hybridized carbons (Fsp3) is 0.419. The molecule has 1 aromatic heterocycles. The van der Waals surface area contributed by atoms with E-state index < -0.39 is 5.60 Å². The predicted octanol–water partition coefficient (Wildman–Crippen LogP) is 5.47. The lowest BCUT2D eigenvalue weighted by molar-refractivity contribution is 0.0164. The second kappa shape index (κ2) is 13.0.